The predicted octanol–water partition coefficient (Wildman–Crippen LogP) is 3.01. The second kappa shape index (κ2) is 5.69. The Kier molecular flexibility index (Phi) is 4.34. The number of carbonyl (C=O) groups is 1. The summed E-state index contributed by atoms with van der Waals surface area (Å²) in [7, 11) is 0. The molecule has 0 bridgehead atoms. The van der Waals surface area contributed by atoms with Crippen LogP contribution in [-0.4, -0.2) is 23.4 Å². The van der Waals surface area contributed by atoms with Gasteiger partial charge in [0, 0.05) is 17.4 Å². The molecule has 20 heavy (non-hydrogen) atoms. The molecule has 1 aromatic rings. The average molecular weight is 301 g/mol. The van der Waals surface area contributed by atoms with Crippen molar-refractivity contribution < 1.29 is 18.3 Å². The van der Waals surface area contributed by atoms with Gasteiger partial charge in [0.2, 0.25) is 0 Å². The predicted molar refractivity (Wildman–Crippen MR) is 74.3 cm³/mol. The molecule has 1 saturated heterocycles. The van der Waals surface area contributed by atoms with Gasteiger partial charge in [-0.05, 0) is 26.8 Å². The Morgan fingerprint density at radius 1 is 1.40 bits per heavy atom. The summed E-state index contributed by atoms with van der Waals surface area (Å²) in [6.45, 7) is 5.39. The second-order valence-corrected chi connectivity index (χ2v) is 6.77. The van der Waals surface area contributed by atoms with Crippen LogP contribution in [0, 0.1) is 11.6 Å². The minimum Gasteiger partial charge on any atom is -0.459 e. The van der Waals surface area contributed by atoms with Crippen molar-refractivity contribution in [3.05, 3.63) is 35.4 Å². The van der Waals surface area contributed by atoms with Crippen LogP contribution in [0.4, 0.5) is 8.78 Å². The Labute approximate surface area is 121 Å². The number of hydrogen-bond acceptors (Lipinski definition) is 4. The molecule has 2 atom stereocenters. The van der Waals surface area contributed by atoms with E-state index in [1.807, 2.05) is 0 Å². The van der Waals surface area contributed by atoms with Crippen molar-refractivity contribution in [3.8, 4) is 0 Å². The quantitative estimate of drug-likeness (QED) is 0.852. The van der Waals surface area contributed by atoms with Gasteiger partial charge in [0.15, 0.2) is 0 Å². The first kappa shape index (κ1) is 15.3. The number of hydrogen-bond donors (Lipinski definition) is 1. The number of rotatable bonds is 2. The Morgan fingerprint density at radius 3 is 2.70 bits per heavy atom. The fraction of sp³-hybridized carbons (Fsp3) is 0.500. The Morgan fingerprint density at radius 2 is 2.10 bits per heavy atom. The topological polar surface area (TPSA) is 38.3 Å². The number of nitrogens with one attached hydrogen (secondary N) is 1. The molecule has 2 unspecified atom stereocenters. The van der Waals surface area contributed by atoms with Crippen LogP contribution in [0.3, 0.4) is 0 Å². The van der Waals surface area contributed by atoms with Crippen LogP contribution < -0.4 is 5.32 Å². The lowest BCUT2D eigenvalue weighted by molar-refractivity contribution is -0.156. The number of benzene rings is 1. The largest absolute Gasteiger partial charge is 0.459 e. The third kappa shape index (κ3) is 3.70. The van der Waals surface area contributed by atoms with Crippen molar-refractivity contribution in [1.29, 1.82) is 0 Å². The van der Waals surface area contributed by atoms with Gasteiger partial charge >= 0.3 is 5.97 Å². The first-order valence-electron chi connectivity index (χ1n) is 6.32. The molecule has 1 aliphatic rings. The van der Waals surface area contributed by atoms with Crippen LogP contribution in [0.15, 0.2) is 18.2 Å². The van der Waals surface area contributed by atoms with E-state index in [2.05, 4.69) is 5.32 Å². The van der Waals surface area contributed by atoms with E-state index in [9.17, 15) is 13.6 Å². The monoisotopic (exact) mass is 301 g/mol. The molecule has 1 aromatic carbocycles. The third-order valence-corrected chi connectivity index (χ3v) is 3.97. The first-order valence-corrected chi connectivity index (χ1v) is 7.36. The van der Waals surface area contributed by atoms with Crippen LogP contribution in [-0.2, 0) is 9.53 Å². The summed E-state index contributed by atoms with van der Waals surface area (Å²) in [4.78, 5) is 11.9. The highest BCUT2D eigenvalue weighted by Crippen LogP contribution is 2.34. The van der Waals surface area contributed by atoms with Crippen molar-refractivity contribution in [1.82, 2.24) is 5.32 Å². The van der Waals surface area contributed by atoms with E-state index in [1.54, 1.807) is 20.8 Å². The highest BCUT2D eigenvalue weighted by Gasteiger charge is 2.34. The van der Waals surface area contributed by atoms with Gasteiger partial charge in [0.25, 0.3) is 0 Å². The van der Waals surface area contributed by atoms with E-state index in [4.69, 9.17) is 4.74 Å². The van der Waals surface area contributed by atoms with Crippen LogP contribution in [0.2, 0.25) is 0 Å². The Hall–Kier alpha value is -1.14. The normalized spacial score (nSPS) is 22.9. The number of thioether (sulfide) groups is 1. The Balaban J connectivity index is 2.03. The molecule has 3 nitrogen and oxygen atoms in total. The second-order valence-electron chi connectivity index (χ2n) is 5.63. The zero-order valence-electron chi connectivity index (χ0n) is 11.6. The molecular weight excluding hydrogens is 284 g/mol. The standard InChI is InChI=1S/C14H17F2NO2S/c1-14(2,3)19-13(18)11-7-20-12(17-11)9-5-4-8(15)6-10(9)16/h4-6,11-12,17H,7H2,1-3H3. The summed E-state index contributed by atoms with van der Waals surface area (Å²) in [5, 5.41) is 2.65. The molecule has 1 heterocycles. The van der Waals surface area contributed by atoms with Gasteiger partial charge in [-0.3, -0.25) is 10.1 Å². The molecule has 0 radical (unpaired) electrons. The highest BCUT2D eigenvalue weighted by molar-refractivity contribution is 7.99. The molecule has 1 aliphatic heterocycles. The van der Waals surface area contributed by atoms with Gasteiger partial charge in [0.05, 0.1) is 5.37 Å². The molecule has 0 aliphatic carbocycles. The Bertz CT molecular complexity index is 516. The minimum absolute atomic E-state index is 0.349. The SMILES string of the molecule is CC(C)(C)OC(=O)C1CSC(c2ccc(F)cc2F)N1. The summed E-state index contributed by atoms with van der Waals surface area (Å²) >= 11 is 1.40. The zero-order chi connectivity index (χ0) is 14.9. The van der Waals surface area contributed by atoms with Gasteiger partial charge in [-0.1, -0.05) is 6.07 Å². The van der Waals surface area contributed by atoms with Crippen LogP contribution >= 0.6 is 11.8 Å². The molecule has 1 fully saturated rings. The molecule has 2 rings (SSSR count). The van der Waals surface area contributed by atoms with Gasteiger partial charge in [-0.2, -0.15) is 0 Å². The molecule has 110 valence electrons. The highest BCUT2D eigenvalue weighted by atomic mass is 32.2. The molecule has 0 spiro atoms. The third-order valence-electron chi connectivity index (χ3n) is 2.72. The smallest absolute Gasteiger partial charge is 0.324 e. The van der Waals surface area contributed by atoms with E-state index < -0.39 is 23.3 Å². The zero-order valence-corrected chi connectivity index (χ0v) is 12.4. The number of carbonyl (C=O) groups excluding carboxylic acids is 1. The van der Waals surface area contributed by atoms with Crippen molar-refractivity contribution in [2.45, 2.75) is 37.8 Å². The fourth-order valence-electron chi connectivity index (χ4n) is 1.87. The molecule has 0 saturated carbocycles. The minimum atomic E-state index is -0.613. The molecule has 1 N–H and O–H groups in total. The van der Waals surface area contributed by atoms with Crippen molar-refractivity contribution in [2.75, 3.05) is 5.75 Å². The van der Waals surface area contributed by atoms with Gasteiger partial charge < -0.3 is 4.74 Å². The molecule has 0 aromatic heterocycles. The van der Waals surface area contributed by atoms with E-state index >= 15 is 0 Å². The van der Waals surface area contributed by atoms with E-state index in [-0.39, 0.29) is 11.3 Å². The summed E-state index contributed by atoms with van der Waals surface area (Å²) in [6, 6.07) is 2.97. The maximum Gasteiger partial charge on any atom is 0.324 e. The van der Waals surface area contributed by atoms with Crippen LogP contribution in [0.1, 0.15) is 31.7 Å². The van der Waals surface area contributed by atoms with Crippen LogP contribution in [0.25, 0.3) is 0 Å². The van der Waals surface area contributed by atoms with Crippen molar-refractivity contribution in [3.63, 3.8) is 0 Å². The summed E-state index contributed by atoms with van der Waals surface area (Å²) in [5.74, 6) is -1.08. The fourth-order valence-corrected chi connectivity index (χ4v) is 3.12. The average Bonchev–Trinajstić information content (AvgIpc) is 2.75. The molecule has 0 amide bonds. The maximum atomic E-state index is 13.7. The van der Waals surface area contributed by atoms with E-state index in [0.29, 0.717) is 11.3 Å². The number of esters is 1. The van der Waals surface area contributed by atoms with Gasteiger partial charge in [0.1, 0.15) is 23.3 Å². The number of halogens is 2. The lowest BCUT2D eigenvalue weighted by Crippen LogP contribution is -2.39. The summed E-state index contributed by atoms with van der Waals surface area (Å²) in [6.07, 6.45) is 0. The lowest BCUT2D eigenvalue weighted by atomic mass is 10.1. The first-order chi connectivity index (χ1) is 9.26. The summed E-state index contributed by atoms with van der Waals surface area (Å²) in [5.41, 5.74) is -0.203. The molecular formula is C14H17F2NO2S. The lowest BCUT2D eigenvalue weighted by Gasteiger charge is -2.22. The van der Waals surface area contributed by atoms with Gasteiger partial charge in [-0.15, -0.1) is 11.8 Å². The van der Waals surface area contributed by atoms with Crippen molar-refractivity contribution in [2.24, 2.45) is 0 Å². The number of ether oxygens (including phenoxy) is 1. The van der Waals surface area contributed by atoms with Gasteiger partial charge in [-0.25, -0.2) is 8.78 Å². The molecule has 6 heteroatoms. The maximum absolute atomic E-state index is 13.7. The van der Waals surface area contributed by atoms with Crippen molar-refractivity contribution >= 4 is 17.7 Å². The summed E-state index contributed by atoms with van der Waals surface area (Å²) < 4.78 is 31.9. The van der Waals surface area contributed by atoms with E-state index in [1.165, 1.54) is 23.9 Å². The van der Waals surface area contributed by atoms with Crippen LogP contribution in [0.5, 0.6) is 0 Å². The van der Waals surface area contributed by atoms with E-state index in [0.717, 1.165) is 6.07 Å².